The van der Waals surface area contributed by atoms with Crippen LogP contribution in [-0.2, 0) is 0 Å². The third kappa shape index (κ3) is 1.89. The topological polar surface area (TPSA) is 54.7 Å². The molecule has 0 spiro atoms. The van der Waals surface area contributed by atoms with E-state index in [-0.39, 0.29) is 4.84 Å². The molecule has 0 aliphatic carbocycles. The minimum Gasteiger partial charge on any atom is -0.348 e. The monoisotopic (exact) mass is 307 g/mol. The third-order valence-corrected chi connectivity index (χ3v) is 3.12. The number of hydrogen-bond acceptors (Lipinski definition) is 4. The van der Waals surface area contributed by atoms with E-state index in [4.69, 9.17) is 16.7 Å². The minimum absolute atomic E-state index is 0.168. The molecule has 0 unspecified atom stereocenters. The number of nitrogens with one attached hydrogen (secondary N) is 1. The van der Waals surface area contributed by atoms with Gasteiger partial charge in [0, 0.05) is 9.86 Å². The van der Waals surface area contributed by atoms with Crippen LogP contribution in [0.2, 0.25) is 0 Å². The van der Waals surface area contributed by atoms with Crippen molar-refractivity contribution in [3.05, 3.63) is 39.6 Å². The smallest absolute Gasteiger partial charge is 0.314 e. The van der Waals surface area contributed by atoms with Gasteiger partial charge in [-0.1, -0.05) is 18.2 Å². The van der Waals surface area contributed by atoms with Crippen LogP contribution in [0.3, 0.4) is 0 Å². The number of H-pyrrole nitrogens is 1. The summed E-state index contributed by atoms with van der Waals surface area (Å²) >= 11 is 8.29. The van der Waals surface area contributed by atoms with Crippen molar-refractivity contribution in [1.82, 2.24) is 15.1 Å². The van der Waals surface area contributed by atoms with Gasteiger partial charge in [0.15, 0.2) is 5.82 Å². The first-order valence-electron chi connectivity index (χ1n) is 4.85. The highest BCUT2D eigenvalue weighted by Gasteiger charge is 2.10. The molecule has 1 N–H and O–H groups in total. The molecule has 0 amide bonds. The van der Waals surface area contributed by atoms with Gasteiger partial charge in [-0.3, -0.25) is 0 Å². The minimum atomic E-state index is 0.168. The highest BCUT2D eigenvalue weighted by molar-refractivity contribution is 9.10. The fourth-order valence-corrected chi connectivity index (χ4v) is 2.24. The van der Waals surface area contributed by atoms with Crippen LogP contribution in [0.4, 0.5) is 0 Å². The van der Waals surface area contributed by atoms with Gasteiger partial charge in [-0.2, -0.15) is 10.1 Å². The molecule has 0 radical (unpaired) electrons. The number of fused-ring (bicyclic) bond motifs is 1. The molecular formula is C11H6BrN3OS. The number of halogens is 1. The summed E-state index contributed by atoms with van der Waals surface area (Å²) in [7, 11) is 0. The number of rotatable bonds is 1. The lowest BCUT2D eigenvalue weighted by Crippen LogP contribution is -1.89. The Morgan fingerprint density at radius 2 is 2.06 bits per heavy atom. The summed E-state index contributed by atoms with van der Waals surface area (Å²) < 4.78 is 5.75. The molecule has 0 bridgehead atoms. The number of hydrogen-bond donors (Lipinski definition) is 1. The molecule has 2 aromatic heterocycles. The Morgan fingerprint density at radius 1 is 1.24 bits per heavy atom. The van der Waals surface area contributed by atoms with Crippen molar-refractivity contribution in [3.8, 4) is 11.5 Å². The summed E-state index contributed by atoms with van der Waals surface area (Å²) in [6.07, 6.45) is 0. The molecule has 0 saturated heterocycles. The van der Waals surface area contributed by atoms with E-state index in [1.165, 1.54) is 0 Å². The fraction of sp³-hybridized carbons (Fsp3) is 0. The van der Waals surface area contributed by atoms with Crippen molar-refractivity contribution >= 4 is 39.1 Å². The molecule has 0 atom stereocenters. The van der Waals surface area contributed by atoms with E-state index >= 15 is 0 Å². The summed E-state index contributed by atoms with van der Waals surface area (Å²) in [6, 6.07) is 9.85. The molecule has 0 fully saturated rings. The van der Waals surface area contributed by atoms with Crippen LogP contribution in [0.1, 0.15) is 0 Å². The zero-order valence-electron chi connectivity index (χ0n) is 8.48. The van der Waals surface area contributed by atoms with Crippen LogP contribution in [0, 0.1) is 4.84 Å². The quantitative estimate of drug-likeness (QED) is 0.696. The number of para-hydroxylation sites is 1. The molecular weight excluding hydrogens is 302 g/mol. The van der Waals surface area contributed by atoms with E-state index in [1.54, 1.807) is 0 Å². The first-order valence-corrected chi connectivity index (χ1v) is 6.05. The van der Waals surface area contributed by atoms with Gasteiger partial charge in [0.2, 0.25) is 0 Å². The van der Waals surface area contributed by atoms with E-state index in [2.05, 4.69) is 31.1 Å². The number of aromatic nitrogens is 3. The first kappa shape index (κ1) is 10.6. The normalized spacial score (nSPS) is 10.9. The van der Waals surface area contributed by atoms with E-state index in [0.717, 1.165) is 15.4 Å². The van der Waals surface area contributed by atoms with Gasteiger partial charge in [-0.15, -0.1) is 0 Å². The second kappa shape index (κ2) is 4.05. The maximum Gasteiger partial charge on any atom is 0.314 e. The van der Waals surface area contributed by atoms with Crippen molar-refractivity contribution < 1.29 is 4.52 Å². The average Bonchev–Trinajstić information content (AvgIpc) is 2.75. The first-order chi connectivity index (χ1) is 8.24. The van der Waals surface area contributed by atoms with E-state index < -0.39 is 0 Å². The third-order valence-electron chi connectivity index (χ3n) is 2.34. The highest BCUT2D eigenvalue weighted by atomic mass is 79.9. The van der Waals surface area contributed by atoms with Crippen molar-refractivity contribution in [2.24, 2.45) is 0 Å². The number of pyridine rings is 1. The molecule has 17 heavy (non-hydrogen) atoms. The van der Waals surface area contributed by atoms with Crippen molar-refractivity contribution in [2.45, 2.75) is 0 Å². The van der Waals surface area contributed by atoms with E-state index in [0.29, 0.717) is 11.5 Å². The average molecular weight is 308 g/mol. The predicted molar refractivity (Wildman–Crippen MR) is 70.1 cm³/mol. The van der Waals surface area contributed by atoms with Gasteiger partial charge in [-0.05, 0) is 40.3 Å². The van der Waals surface area contributed by atoms with Crippen molar-refractivity contribution in [3.63, 3.8) is 0 Å². The largest absolute Gasteiger partial charge is 0.348 e. The lowest BCUT2D eigenvalue weighted by Gasteiger charge is -2.02. The Kier molecular flexibility index (Phi) is 2.53. The maximum atomic E-state index is 4.90. The van der Waals surface area contributed by atoms with Crippen LogP contribution in [0.5, 0.6) is 0 Å². The molecule has 4 nitrogen and oxygen atoms in total. The van der Waals surface area contributed by atoms with E-state index in [1.807, 2.05) is 30.3 Å². The number of aromatic amines is 1. The lowest BCUT2D eigenvalue weighted by atomic mass is 10.2. The second-order valence-corrected chi connectivity index (χ2v) is 4.65. The van der Waals surface area contributed by atoms with Crippen molar-refractivity contribution in [1.29, 1.82) is 0 Å². The molecule has 3 rings (SSSR count). The summed E-state index contributed by atoms with van der Waals surface area (Å²) in [6.45, 7) is 0. The molecule has 84 valence electrons. The zero-order valence-corrected chi connectivity index (χ0v) is 10.9. The summed E-state index contributed by atoms with van der Waals surface area (Å²) in [5, 5.41) is 3.70. The Morgan fingerprint density at radius 3 is 2.82 bits per heavy atom. The van der Waals surface area contributed by atoms with Gasteiger partial charge in [0.1, 0.15) is 5.69 Å². The molecule has 3 aromatic rings. The molecule has 0 aliphatic rings. The number of nitrogens with zero attached hydrogens (tertiary/aromatic N) is 2. The van der Waals surface area contributed by atoms with Crippen LogP contribution < -0.4 is 0 Å². The van der Waals surface area contributed by atoms with Gasteiger partial charge in [0.05, 0.1) is 5.52 Å². The van der Waals surface area contributed by atoms with Gasteiger partial charge >= 0.3 is 4.84 Å². The summed E-state index contributed by atoms with van der Waals surface area (Å²) in [5.74, 6) is 0.521. The van der Waals surface area contributed by atoms with E-state index in [9.17, 15) is 0 Å². The molecule has 6 heteroatoms. The standard InChI is InChI=1S/C11H6BrN3OS/c12-7-5-6-3-1-2-4-8(6)13-9(7)10-14-11(17)16-15-10/h1-5H,(H,14,15,17). The van der Waals surface area contributed by atoms with Crippen LogP contribution in [0.15, 0.2) is 39.3 Å². The Balaban J connectivity index is 2.29. The number of benzene rings is 1. The Bertz CT molecular complexity index is 750. The molecule has 0 aliphatic heterocycles. The summed E-state index contributed by atoms with van der Waals surface area (Å²) in [5.41, 5.74) is 1.58. The van der Waals surface area contributed by atoms with Gasteiger partial charge in [0.25, 0.3) is 0 Å². The SMILES string of the molecule is S=c1nc(-c2nc3ccccc3cc2Br)[nH]o1. The van der Waals surface area contributed by atoms with Crippen LogP contribution >= 0.6 is 28.1 Å². The lowest BCUT2D eigenvalue weighted by molar-refractivity contribution is 0.406. The van der Waals surface area contributed by atoms with Crippen molar-refractivity contribution in [2.75, 3.05) is 0 Å². The predicted octanol–water partition coefficient (Wildman–Crippen LogP) is 3.71. The Labute approximate surface area is 110 Å². The highest BCUT2D eigenvalue weighted by Crippen LogP contribution is 2.27. The maximum absolute atomic E-state index is 4.90. The molecule has 0 saturated carbocycles. The van der Waals surface area contributed by atoms with Gasteiger partial charge < -0.3 is 4.52 Å². The fourth-order valence-electron chi connectivity index (χ4n) is 1.59. The van der Waals surface area contributed by atoms with Crippen LogP contribution in [-0.4, -0.2) is 15.1 Å². The Hall–Kier alpha value is -1.53. The second-order valence-electron chi connectivity index (χ2n) is 3.44. The van der Waals surface area contributed by atoms with Gasteiger partial charge in [-0.25, -0.2) is 4.98 Å². The zero-order chi connectivity index (χ0) is 11.8. The van der Waals surface area contributed by atoms with Crippen LogP contribution in [0.25, 0.3) is 22.4 Å². The molecule has 2 heterocycles. The summed E-state index contributed by atoms with van der Waals surface area (Å²) in [4.78, 5) is 8.73. The molecule has 1 aromatic carbocycles.